The minimum atomic E-state index is -0.498. The molecule has 6 nitrogen and oxygen atoms in total. The van der Waals surface area contributed by atoms with Crippen molar-refractivity contribution in [3.63, 3.8) is 0 Å². The molecule has 2 rings (SSSR count). The van der Waals surface area contributed by atoms with Gasteiger partial charge in [-0.25, -0.2) is 0 Å². The number of rotatable bonds is 6. The van der Waals surface area contributed by atoms with Gasteiger partial charge < -0.3 is 10.6 Å². The molecule has 2 aromatic rings. The molecule has 0 atom stereocenters. The van der Waals surface area contributed by atoms with Crippen molar-refractivity contribution in [2.75, 3.05) is 5.32 Å². The summed E-state index contributed by atoms with van der Waals surface area (Å²) in [5.74, 6) is 0.324. The highest BCUT2D eigenvalue weighted by Gasteiger charge is 2.03. The fraction of sp³-hybridized carbons (Fsp3) is 0.0714. The summed E-state index contributed by atoms with van der Waals surface area (Å²) in [7, 11) is 0. The van der Waals surface area contributed by atoms with Crippen molar-refractivity contribution < 1.29 is 4.92 Å². The Morgan fingerprint density at radius 3 is 2.70 bits per heavy atom. The third-order valence-corrected chi connectivity index (χ3v) is 2.49. The average molecular weight is 270 g/mol. The highest BCUT2D eigenvalue weighted by atomic mass is 16.6. The van der Waals surface area contributed by atoms with E-state index in [0.29, 0.717) is 12.4 Å². The lowest BCUT2D eigenvalue weighted by Gasteiger charge is -2.11. The third-order valence-electron chi connectivity index (χ3n) is 2.49. The number of pyridine rings is 1. The van der Waals surface area contributed by atoms with Crippen LogP contribution >= 0.6 is 0 Å². The van der Waals surface area contributed by atoms with E-state index in [9.17, 15) is 10.1 Å². The van der Waals surface area contributed by atoms with Crippen molar-refractivity contribution in [3.8, 4) is 0 Å². The molecule has 0 unspecified atom stereocenters. The largest absolute Gasteiger partial charge is 0.362 e. The van der Waals surface area contributed by atoms with E-state index < -0.39 is 4.92 Å². The van der Waals surface area contributed by atoms with Crippen molar-refractivity contribution in [2.45, 2.75) is 6.54 Å². The summed E-state index contributed by atoms with van der Waals surface area (Å²) in [6, 6.07) is 13.0. The van der Waals surface area contributed by atoms with E-state index in [1.807, 2.05) is 42.5 Å². The zero-order valence-corrected chi connectivity index (χ0v) is 10.7. The van der Waals surface area contributed by atoms with Gasteiger partial charge in [0.2, 0.25) is 0 Å². The molecule has 6 heteroatoms. The van der Waals surface area contributed by atoms with Crippen molar-refractivity contribution >= 4 is 5.69 Å². The summed E-state index contributed by atoms with van der Waals surface area (Å²) in [5, 5.41) is 16.6. The van der Waals surface area contributed by atoms with Crippen LogP contribution in [0.5, 0.6) is 0 Å². The lowest BCUT2D eigenvalue weighted by Crippen LogP contribution is -2.20. The first-order valence-corrected chi connectivity index (χ1v) is 6.04. The summed E-state index contributed by atoms with van der Waals surface area (Å²) >= 11 is 0. The fourth-order valence-electron chi connectivity index (χ4n) is 1.60. The molecule has 1 heterocycles. The van der Waals surface area contributed by atoms with Crippen molar-refractivity contribution in [1.29, 1.82) is 0 Å². The molecule has 0 aliphatic rings. The summed E-state index contributed by atoms with van der Waals surface area (Å²) in [6.07, 6.45) is 4.29. The van der Waals surface area contributed by atoms with Gasteiger partial charge in [-0.1, -0.05) is 24.3 Å². The molecule has 0 aliphatic heterocycles. The Morgan fingerprint density at radius 2 is 2.05 bits per heavy atom. The van der Waals surface area contributed by atoms with Gasteiger partial charge in [-0.05, 0) is 23.8 Å². The predicted octanol–water partition coefficient (Wildman–Crippen LogP) is 2.36. The minimum absolute atomic E-state index is 0.324. The molecular formula is C14H14N4O2. The summed E-state index contributed by atoms with van der Waals surface area (Å²) in [4.78, 5) is 14.1. The highest BCUT2D eigenvalue weighted by Crippen LogP contribution is 2.08. The van der Waals surface area contributed by atoms with Gasteiger partial charge in [0.15, 0.2) is 5.82 Å². The second kappa shape index (κ2) is 6.89. The molecule has 0 saturated carbocycles. The van der Waals surface area contributed by atoms with E-state index in [0.717, 1.165) is 17.5 Å². The SMILES string of the molecule is O=[N+]([O-])/C=C(/NCc1cccnc1)Nc1ccccc1. The normalized spacial score (nSPS) is 10.9. The molecule has 0 spiro atoms. The van der Waals surface area contributed by atoms with Gasteiger partial charge in [0.25, 0.3) is 6.20 Å². The first-order valence-electron chi connectivity index (χ1n) is 6.04. The Bertz CT molecular complexity index is 585. The van der Waals surface area contributed by atoms with Crippen LogP contribution in [0.2, 0.25) is 0 Å². The molecule has 102 valence electrons. The number of hydrogen-bond donors (Lipinski definition) is 2. The molecule has 0 amide bonds. The second-order valence-corrected chi connectivity index (χ2v) is 4.03. The topological polar surface area (TPSA) is 80.1 Å². The van der Waals surface area contributed by atoms with Crippen LogP contribution in [-0.4, -0.2) is 9.91 Å². The Balaban J connectivity index is 2.03. The van der Waals surface area contributed by atoms with Gasteiger partial charge in [0.05, 0.1) is 4.92 Å². The number of nitrogens with zero attached hydrogens (tertiary/aromatic N) is 2. The predicted molar refractivity (Wildman–Crippen MR) is 76.2 cm³/mol. The number of para-hydroxylation sites is 1. The van der Waals surface area contributed by atoms with Crippen LogP contribution in [0.25, 0.3) is 0 Å². The van der Waals surface area contributed by atoms with Crippen molar-refractivity contribution in [2.24, 2.45) is 0 Å². The Labute approximate surface area is 116 Å². The van der Waals surface area contributed by atoms with Gasteiger partial charge in [-0.3, -0.25) is 15.1 Å². The molecule has 0 aliphatic carbocycles. The lowest BCUT2D eigenvalue weighted by atomic mass is 10.3. The van der Waals surface area contributed by atoms with Gasteiger partial charge in [-0.2, -0.15) is 0 Å². The second-order valence-electron chi connectivity index (χ2n) is 4.03. The smallest absolute Gasteiger partial charge is 0.274 e. The maximum Gasteiger partial charge on any atom is 0.274 e. The molecule has 0 bridgehead atoms. The van der Waals surface area contributed by atoms with Crippen LogP contribution in [0.1, 0.15) is 5.56 Å². The van der Waals surface area contributed by atoms with Gasteiger partial charge in [0, 0.05) is 24.6 Å². The zero-order valence-electron chi connectivity index (χ0n) is 10.7. The molecule has 0 fully saturated rings. The quantitative estimate of drug-likeness (QED) is 0.622. The molecule has 2 N–H and O–H groups in total. The third kappa shape index (κ3) is 4.41. The Kier molecular flexibility index (Phi) is 4.66. The summed E-state index contributed by atoms with van der Waals surface area (Å²) in [5.41, 5.74) is 1.72. The lowest BCUT2D eigenvalue weighted by molar-refractivity contribution is -0.403. The average Bonchev–Trinajstić information content (AvgIpc) is 2.46. The molecule has 0 radical (unpaired) electrons. The number of benzene rings is 1. The van der Waals surface area contributed by atoms with Crippen LogP contribution in [0, 0.1) is 10.1 Å². The van der Waals surface area contributed by atoms with E-state index in [2.05, 4.69) is 15.6 Å². The number of aromatic nitrogens is 1. The van der Waals surface area contributed by atoms with E-state index >= 15 is 0 Å². The maximum atomic E-state index is 10.6. The van der Waals surface area contributed by atoms with E-state index in [-0.39, 0.29) is 0 Å². The van der Waals surface area contributed by atoms with Crippen LogP contribution in [-0.2, 0) is 6.54 Å². The van der Waals surface area contributed by atoms with Crippen molar-refractivity contribution in [3.05, 3.63) is 82.6 Å². The highest BCUT2D eigenvalue weighted by molar-refractivity contribution is 5.47. The molecule has 1 aromatic heterocycles. The van der Waals surface area contributed by atoms with Crippen LogP contribution in [0.15, 0.2) is 66.9 Å². The number of nitro groups is 1. The molecule has 1 aromatic carbocycles. The fourth-order valence-corrected chi connectivity index (χ4v) is 1.60. The Morgan fingerprint density at radius 1 is 1.25 bits per heavy atom. The van der Waals surface area contributed by atoms with Crippen LogP contribution < -0.4 is 10.6 Å². The zero-order chi connectivity index (χ0) is 14.2. The van der Waals surface area contributed by atoms with Crippen LogP contribution in [0.4, 0.5) is 5.69 Å². The minimum Gasteiger partial charge on any atom is -0.362 e. The number of hydrogen-bond acceptors (Lipinski definition) is 5. The molecule has 20 heavy (non-hydrogen) atoms. The van der Waals surface area contributed by atoms with E-state index in [1.54, 1.807) is 12.4 Å². The Hall–Kier alpha value is -2.89. The van der Waals surface area contributed by atoms with Crippen molar-refractivity contribution in [1.82, 2.24) is 10.3 Å². The summed E-state index contributed by atoms with van der Waals surface area (Å²) in [6.45, 7) is 0.452. The van der Waals surface area contributed by atoms with E-state index in [4.69, 9.17) is 0 Å². The van der Waals surface area contributed by atoms with E-state index in [1.165, 1.54) is 0 Å². The first kappa shape index (κ1) is 13.5. The standard InChI is InChI=1S/C14H14N4O2/c19-18(20)11-14(17-13-6-2-1-3-7-13)16-10-12-5-4-8-15-9-12/h1-9,11,16-17H,10H2/b14-11-. The van der Waals surface area contributed by atoms with Gasteiger partial charge in [0.1, 0.15) is 0 Å². The number of anilines is 1. The first-order chi connectivity index (χ1) is 9.74. The van der Waals surface area contributed by atoms with Gasteiger partial charge >= 0.3 is 0 Å². The maximum absolute atomic E-state index is 10.6. The number of nitrogens with one attached hydrogen (secondary N) is 2. The van der Waals surface area contributed by atoms with Crippen LogP contribution in [0.3, 0.4) is 0 Å². The molecular weight excluding hydrogens is 256 g/mol. The summed E-state index contributed by atoms with van der Waals surface area (Å²) < 4.78 is 0. The van der Waals surface area contributed by atoms with Gasteiger partial charge in [-0.15, -0.1) is 0 Å². The molecule has 0 saturated heterocycles. The monoisotopic (exact) mass is 270 g/mol.